The van der Waals surface area contributed by atoms with Crippen LogP contribution in [0.1, 0.15) is 54.5 Å². The van der Waals surface area contributed by atoms with E-state index >= 15 is 0 Å². The van der Waals surface area contributed by atoms with Crippen molar-refractivity contribution in [2.75, 3.05) is 11.9 Å². The van der Waals surface area contributed by atoms with Crippen LogP contribution in [0.25, 0.3) is 0 Å². The Bertz CT molecular complexity index is 563. The summed E-state index contributed by atoms with van der Waals surface area (Å²) in [5.74, 6) is -0.00958. The molecule has 5 heteroatoms. The number of amides is 1. The Balaban J connectivity index is 2.24. The largest absolute Gasteiger partial charge is 0.329 e. The lowest BCUT2D eigenvalue weighted by atomic mass is 9.79. The average molecular weight is 305 g/mol. The lowest BCUT2D eigenvalue weighted by Crippen LogP contribution is -2.42. The molecule has 0 radical (unpaired) electrons. The fourth-order valence-electron chi connectivity index (χ4n) is 3.01. The van der Waals surface area contributed by atoms with Crippen LogP contribution in [0.5, 0.6) is 0 Å². The molecule has 1 aliphatic rings. The van der Waals surface area contributed by atoms with Crippen LogP contribution in [0.15, 0.2) is 0 Å². The van der Waals surface area contributed by atoms with Crippen LogP contribution in [0.2, 0.25) is 0 Å². The summed E-state index contributed by atoms with van der Waals surface area (Å²) < 4.78 is 0. The van der Waals surface area contributed by atoms with E-state index in [2.05, 4.69) is 11.4 Å². The molecule has 1 amide bonds. The summed E-state index contributed by atoms with van der Waals surface area (Å²) in [5.41, 5.74) is 7.03. The highest BCUT2D eigenvalue weighted by Gasteiger charge is 2.37. The van der Waals surface area contributed by atoms with Crippen molar-refractivity contribution in [3.05, 3.63) is 16.0 Å². The Morgan fingerprint density at radius 3 is 2.48 bits per heavy atom. The van der Waals surface area contributed by atoms with Crippen molar-refractivity contribution in [2.24, 2.45) is 11.1 Å². The maximum atomic E-state index is 12.8. The third-order valence-electron chi connectivity index (χ3n) is 4.66. The topological polar surface area (TPSA) is 78.9 Å². The number of hydrogen-bond donors (Lipinski definition) is 2. The Morgan fingerprint density at radius 1 is 1.33 bits per heavy atom. The fraction of sp³-hybridized carbons (Fsp3) is 0.625. The molecule has 21 heavy (non-hydrogen) atoms. The van der Waals surface area contributed by atoms with Gasteiger partial charge in [-0.25, -0.2) is 0 Å². The van der Waals surface area contributed by atoms with Crippen molar-refractivity contribution >= 4 is 22.2 Å². The number of anilines is 1. The Kier molecular flexibility index (Phi) is 5.02. The van der Waals surface area contributed by atoms with Crippen LogP contribution in [0.3, 0.4) is 0 Å². The number of carbonyl (C=O) groups is 1. The Labute approximate surface area is 130 Å². The molecule has 2 rings (SSSR count). The molecule has 0 unspecified atom stereocenters. The molecule has 0 saturated heterocycles. The van der Waals surface area contributed by atoms with E-state index in [4.69, 9.17) is 5.73 Å². The van der Waals surface area contributed by atoms with Gasteiger partial charge in [-0.1, -0.05) is 25.7 Å². The summed E-state index contributed by atoms with van der Waals surface area (Å²) in [4.78, 5) is 13.8. The fourth-order valence-corrected chi connectivity index (χ4v) is 4.02. The molecule has 0 atom stereocenters. The minimum absolute atomic E-state index is 0.00958. The quantitative estimate of drug-likeness (QED) is 0.839. The summed E-state index contributed by atoms with van der Waals surface area (Å²) >= 11 is 1.48. The van der Waals surface area contributed by atoms with Crippen LogP contribution in [-0.2, 0) is 4.79 Å². The average Bonchev–Trinajstić information content (AvgIpc) is 2.67. The van der Waals surface area contributed by atoms with Crippen LogP contribution >= 0.6 is 11.3 Å². The zero-order valence-electron chi connectivity index (χ0n) is 12.8. The number of rotatable bonds is 3. The zero-order valence-corrected chi connectivity index (χ0v) is 13.6. The summed E-state index contributed by atoms with van der Waals surface area (Å²) in [6, 6.07) is 2.20. The number of thiophene rings is 1. The first-order chi connectivity index (χ1) is 10.0. The molecule has 1 saturated carbocycles. The monoisotopic (exact) mass is 305 g/mol. The van der Waals surface area contributed by atoms with Gasteiger partial charge < -0.3 is 11.1 Å². The highest BCUT2D eigenvalue weighted by molar-refractivity contribution is 7.16. The van der Waals surface area contributed by atoms with E-state index < -0.39 is 5.41 Å². The van der Waals surface area contributed by atoms with E-state index in [1.54, 1.807) is 0 Å². The van der Waals surface area contributed by atoms with Crippen LogP contribution < -0.4 is 11.1 Å². The van der Waals surface area contributed by atoms with E-state index in [1.807, 2.05) is 13.8 Å². The molecule has 114 valence electrons. The van der Waals surface area contributed by atoms with E-state index in [0.717, 1.165) is 36.1 Å². The second-order valence-electron chi connectivity index (χ2n) is 5.95. The first-order valence-electron chi connectivity index (χ1n) is 7.55. The van der Waals surface area contributed by atoms with Crippen LogP contribution in [0, 0.1) is 30.6 Å². The second kappa shape index (κ2) is 6.59. The minimum Gasteiger partial charge on any atom is -0.329 e. The number of nitriles is 1. The highest BCUT2D eigenvalue weighted by Crippen LogP contribution is 2.38. The standard InChI is InChI=1S/C16H23N3OS/c1-11-12(2)21-14(13(11)9-17)19-15(20)16(10-18)7-5-3-4-6-8-16/h3-8,10,18H2,1-2H3,(H,19,20). The van der Waals surface area contributed by atoms with Crippen molar-refractivity contribution in [3.63, 3.8) is 0 Å². The van der Waals surface area contributed by atoms with Crippen molar-refractivity contribution in [1.29, 1.82) is 5.26 Å². The van der Waals surface area contributed by atoms with Crippen molar-refractivity contribution in [1.82, 2.24) is 0 Å². The number of nitrogens with one attached hydrogen (secondary N) is 1. The van der Waals surface area contributed by atoms with Gasteiger partial charge in [-0.15, -0.1) is 11.3 Å². The molecule has 3 N–H and O–H groups in total. The number of nitrogens with two attached hydrogens (primary N) is 1. The van der Waals surface area contributed by atoms with Gasteiger partial charge in [-0.3, -0.25) is 4.79 Å². The van der Waals surface area contributed by atoms with Gasteiger partial charge in [0.25, 0.3) is 0 Å². The van der Waals surface area contributed by atoms with Gasteiger partial charge in [0, 0.05) is 11.4 Å². The summed E-state index contributed by atoms with van der Waals surface area (Å²) in [7, 11) is 0. The number of hydrogen-bond acceptors (Lipinski definition) is 4. The predicted molar refractivity (Wildman–Crippen MR) is 86.3 cm³/mol. The summed E-state index contributed by atoms with van der Waals surface area (Å²) in [6.07, 6.45) is 6.16. The van der Waals surface area contributed by atoms with E-state index in [-0.39, 0.29) is 5.91 Å². The number of aryl methyl sites for hydroxylation is 1. The summed E-state index contributed by atoms with van der Waals surface area (Å²) in [6.45, 7) is 4.27. The van der Waals surface area contributed by atoms with Gasteiger partial charge in [-0.05, 0) is 32.3 Å². The minimum atomic E-state index is -0.463. The Hall–Kier alpha value is -1.38. The van der Waals surface area contributed by atoms with Crippen molar-refractivity contribution in [2.45, 2.75) is 52.4 Å². The van der Waals surface area contributed by atoms with E-state index in [1.165, 1.54) is 24.2 Å². The number of nitrogens with zero attached hydrogens (tertiary/aromatic N) is 1. The molecule has 0 bridgehead atoms. The van der Waals surface area contributed by atoms with Gasteiger partial charge >= 0.3 is 0 Å². The molecule has 1 aliphatic carbocycles. The molecule has 1 aromatic rings. The molecular formula is C16H23N3OS. The predicted octanol–water partition coefficient (Wildman–Crippen LogP) is 3.47. The van der Waals surface area contributed by atoms with E-state index in [9.17, 15) is 10.1 Å². The molecule has 0 aromatic carbocycles. The third kappa shape index (κ3) is 3.12. The molecule has 4 nitrogen and oxygen atoms in total. The van der Waals surface area contributed by atoms with Gasteiger partial charge in [0.15, 0.2) is 0 Å². The molecule has 1 fully saturated rings. The van der Waals surface area contributed by atoms with Gasteiger partial charge in [0.1, 0.15) is 11.1 Å². The normalized spacial score (nSPS) is 17.8. The van der Waals surface area contributed by atoms with Gasteiger partial charge in [-0.2, -0.15) is 5.26 Å². The van der Waals surface area contributed by atoms with Crippen molar-refractivity contribution < 1.29 is 4.79 Å². The highest BCUT2D eigenvalue weighted by atomic mass is 32.1. The Morgan fingerprint density at radius 2 is 1.95 bits per heavy atom. The maximum Gasteiger partial charge on any atom is 0.232 e. The van der Waals surface area contributed by atoms with Gasteiger partial charge in [0.2, 0.25) is 5.91 Å². The number of carbonyl (C=O) groups excluding carboxylic acids is 1. The molecule has 1 aromatic heterocycles. The molecule has 1 heterocycles. The lowest BCUT2D eigenvalue weighted by molar-refractivity contribution is -0.125. The maximum absolute atomic E-state index is 12.8. The lowest BCUT2D eigenvalue weighted by Gasteiger charge is -2.29. The SMILES string of the molecule is Cc1sc(NC(=O)C2(CN)CCCCCC2)c(C#N)c1C. The second-order valence-corrected chi connectivity index (χ2v) is 7.18. The third-order valence-corrected chi connectivity index (χ3v) is 5.78. The first-order valence-corrected chi connectivity index (χ1v) is 8.37. The van der Waals surface area contributed by atoms with Crippen LogP contribution in [0.4, 0.5) is 5.00 Å². The van der Waals surface area contributed by atoms with Crippen LogP contribution in [-0.4, -0.2) is 12.5 Å². The smallest absolute Gasteiger partial charge is 0.232 e. The van der Waals surface area contributed by atoms with Gasteiger partial charge in [0.05, 0.1) is 11.0 Å². The molecule has 0 spiro atoms. The van der Waals surface area contributed by atoms with E-state index in [0.29, 0.717) is 17.1 Å². The van der Waals surface area contributed by atoms with Crippen molar-refractivity contribution in [3.8, 4) is 6.07 Å². The molecule has 0 aliphatic heterocycles. The first kappa shape index (κ1) is 16.0. The summed E-state index contributed by atoms with van der Waals surface area (Å²) in [5, 5.41) is 12.9. The molecular weight excluding hydrogens is 282 g/mol. The zero-order chi connectivity index (χ0) is 15.5.